The van der Waals surface area contributed by atoms with Gasteiger partial charge in [-0.15, -0.1) is 0 Å². The molecule has 0 bridgehead atoms. The molecule has 3 rings (SSSR count). The van der Waals surface area contributed by atoms with Gasteiger partial charge in [-0.05, 0) is 38.5 Å². The van der Waals surface area contributed by atoms with Crippen LogP contribution in [0.3, 0.4) is 0 Å². The van der Waals surface area contributed by atoms with E-state index in [0.29, 0.717) is 0 Å². The first-order valence-corrected chi connectivity index (χ1v) is 8.87. The summed E-state index contributed by atoms with van der Waals surface area (Å²) in [5, 5.41) is 4.45. The van der Waals surface area contributed by atoms with E-state index in [0.717, 1.165) is 49.7 Å². The van der Waals surface area contributed by atoms with Crippen molar-refractivity contribution in [3.63, 3.8) is 0 Å². The predicted molar refractivity (Wildman–Crippen MR) is 97.2 cm³/mol. The number of hydrogen-bond acceptors (Lipinski definition) is 4. The van der Waals surface area contributed by atoms with Crippen LogP contribution in [0, 0.1) is 13.8 Å². The number of pyridine rings is 1. The fraction of sp³-hybridized carbons (Fsp3) is 0.526. The molecule has 2 aromatic rings. The van der Waals surface area contributed by atoms with Crippen LogP contribution in [0.15, 0.2) is 24.5 Å². The number of nitrogens with zero attached hydrogens (tertiary/aromatic N) is 5. The smallest absolute Gasteiger partial charge is 0.230 e. The van der Waals surface area contributed by atoms with Crippen LogP contribution in [-0.4, -0.2) is 56.7 Å². The Kier molecular flexibility index (Phi) is 5.18. The van der Waals surface area contributed by atoms with Gasteiger partial charge >= 0.3 is 0 Å². The van der Waals surface area contributed by atoms with Gasteiger partial charge in [0, 0.05) is 63.4 Å². The van der Waals surface area contributed by atoms with Crippen molar-refractivity contribution in [2.24, 2.45) is 7.05 Å². The van der Waals surface area contributed by atoms with Crippen molar-refractivity contribution in [1.82, 2.24) is 24.6 Å². The molecule has 6 heteroatoms. The van der Waals surface area contributed by atoms with Crippen LogP contribution in [0.4, 0.5) is 0 Å². The lowest BCUT2D eigenvalue weighted by Crippen LogP contribution is -2.49. The summed E-state index contributed by atoms with van der Waals surface area (Å²) in [7, 11) is 1.93. The molecule has 0 spiro atoms. The number of piperazine rings is 1. The van der Waals surface area contributed by atoms with Crippen molar-refractivity contribution in [2.75, 3.05) is 26.2 Å². The SMILES string of the molecule is Cc1nn(C)c(C)c1[C@H](C)C(=O)N1CCN(Cc2ccncc2)CC1. The van der Waals surface area contributed by atoms with Gasteiger partial charge in [-0.1, -0.05) is 0 Å². The largest absolute Gasteiger partial charge is 0.340 e. The van der Waals surface area contributed by atoms with Gasteiger partial charge in [0.05, 0.1) is 11.6 Å². The first-order valence-electron chi connectivity index (χ1n) is 8.87. The summed E-state index contributed by atoms with van der Waals surface area (Å²) >= 11 is 0. The summed E-state index contributed by atoms with van der Waals surface area (Å²) in [6.45, 7) is 10.3. The molecule has 1 amide bonds. The van der Waals surface area contributed by atoms with Crippen molar-refractivity contribution in [1.29, 1.82) is 0 Å². The molecule has 1 fully saturated rings. The van der Waals surface area contributed by atoms with Crippen LogP contribution in [-0.2, 0) is 18.4 Å². The number of rotatable bonds is 4. The van der Waals surface area contributed by atoms with E-state index in [-0.39, 0.29) is 11.8 Å². The average molecular weight is 341 g/mol. The molecule has 6 nitrogen and oxygen atoms in total. The van der Waals surface area contributed by atoms with E-state index in [9.17, 15) is 4.79 Å². The molecule has 1 aliphatic rings. The highest BCUT2D eigenvalue weighted by atomic mass is 16.2. The monoisotopic (exact) mass is 341 g/mol. The van der Waals surface area contributed by atoms with E-state index in [4.69, 9.17) is 0 Å². The number of carbonyl (C=O) groups excluding carboxylic acids is 1. The van der Waals surface area contributed by atoms with Crippen LogP contribution < -0.4 is 0 Å². The maximum absolute atomic E-state index is 12.9. The zero-order valence-electron chi connectivity index (χ0n) is 15.6. The highest BCUT2D eigenvalue weighted by Crippen LogP contribution is 2.25. The van der Waals surface area contributed by atoms with Crippen LogP contribution in [0.5, 0.6) is 0 Å². The second-order valence-electron chi connectivity index (χ2n) is 6.89. The average Bonchev–Trinajstić information content (AvgIpc) is 2.87. The van der Waals surface area contributed by atoms with Gasteiger partial charge in [0.1, 0.15) is 0 Å². The van der Waals surface area contributed by atoms with E-state index in [2.05, 4.69) is 15.0 Å². The molecule has 0 aliphatic carbocycles. The van der Waals surface area contributed by atoms with Crippen molar-refractivity contribution in [3.05, 3.63) is 47.0 Å². The van der Waals surface area contributed by atoms with Crippen molar-refractivity contribution in [3.8, 4) is 0 Å². The highest BCUT2D eigenvalue weighted by molar-refractivity contribution is 5.84. The Labute approximate surface area is 149 Å². The molecule has 0 radical (unpaired) electrons. The maximum Gasteiger partial charge on any atom is 0.230 e. The lowest BCUT2D eigenvalue weighted by molar-refractivity contribution is -0.134. The highest BCUT2D eigenvalue weighted by Gasteiger charge is 2.29. The van der Waals surface area contributed by atoms with E-state index in [1.54, 1.807) is 0 Å². The van der Waals surface area contributed by atoms with Crippen LogP contribution >= 0.6 is 0 Å². The van der Waals surface area contributed by atoms with Gasteiger partial charge in [-0.2, -0.15) is 5.10 Å². The fourth-order valence-corrected chi connectivity index (χ4v) is 3.69. The minimum Gasteiger partial charge on any atom is -0.340 e. The third kappa shape index (κ3) is 3.74. The Balaban J connectivity index is 1.59. The first kappa shape index (κ1) is 17.6. The Hall–Kier alpha value is -2.21. The Morgan fingerprint density at radius 2 is 1.80 bits per heavy atom. The Bertz CT molecular complexity index is 732. The summed E-state index contributed by atoms with van der Waals surface area (Å²) < 4.78 is 1.86. The van der Waals surface area contributed by atoms with E-state index in [1.807, 2.05) is 61.9 Å². The minimum atomic E-state index is -0.138. The lowest BCUT2D eigenvalue weighted by Gasteiger charge is -2.36. The second-order valence-corrected chi connectivity index (χ2v) is 6.89. The van der Waals surface area contributed by atoms with Gasteiger partial charge in [0.15, 0.2) is 0 Å². The van der Waals surface area contributed by atoms with Crippen LogP contribution in [0.2, 0.25) is 0 Å². The molecule has 2 aromatic heterocycles. The molecule has 1 aliphatic heterocycles. The molecule has 0 aromatic carbocycles. The second kappa shape index (κ2) is 7.35. The maximum atomic E-state index is 12.9. The summed E-state index contributed by atoms with van der Waals surface area (Å²) in [5.41, 5.74) is 4.38. The molecular weight excluding hydrogens is 314 g/mol. The fourth-order valence-electron chi connectivity index (χ4n) is 3.69. The van der Waals surface area contributed by atoms with Gasteiger partial charge in [-0.25, -0.2) is 0 Å². The van der Waals surface area contributed by atoms with Gasteiger partial charge < -0.3 is 4.90 Å². The van der Waals surface area contributed by atoms with Gasteiger partial charge in [0.25, 0.3) is 0 Å². The molecule has 0 unspecified atom stereocenters. The quantitative estimate of drug-likeness (QED) is 0.852. The molecule has 25 heavy (non-hydrogen) atoms. The lowest BCUT2D eigenvalue weighted by atomic mass is 9.97. The zero-order chi connectivity index (χ0) is 18.0. The van der Waals surface area contributed by atoms with Crippen LogP contribution in [0.25, 0.3) is 0 Å². The zero-order valence-corrected chi connectivity index (χ0v) is 15.6. The summed E-state index contributed by atoms with van der Waals surface area (Å²) in [6.07, 6.45) is 3.66. The summed E-state index contributed by atoms with van der Waals surface area (Å²) in [6, 6.07) is 4.10. The molecule has 0 saturated carbocycles. The number of hydrogen-bond donors (Lipinski definition) is 0. The molecular formula is C19H27N5O. The van der Waals surface area contributed by atoms with Crippen molar-refractivity contribution < 1.29 is 4.79 Å². The number of carbonyl (C=O) groups is 1. The molecule has 3 heterocycles. The standard InChI is InChI=1S/C19H27N5O/c1-14(18-15(2)21-22(4)16(18)3)19(25)24-11-9-23(10-12-24)13-17-5-7-20-8-6-17/h5-8,14H,9-13H2,1-4H3/t14-/m0/s1. The summed E-state index contributed by atoms with van der Waals surface area (Å²) in [5.74, 6) is 0.0724. The third-order valence-electron chi connectivity index (χ3n) is 5.21. The predicted octanol–water partition coefficient (Wildman–Crippen LogP) is 1.88. The molecule has 1 atom stereocenters. The molecule has 1 saturated heterocycles. The van der Waals surface area contributed by atoms with Gasteiger partial charge in [0.2, 0.25) is 5.91 Å². The Morgan fingerprint density at radius 3 is 2.36 bits per heavy atom. The molecule has 0 N–H and O–H groups in total. The van der Waals surface area contributed by atoms with E-state index < -0.39 is 0 Å². The molecule has 134 valence electrons. The van der Waals surface area contributed by atoms with E-state index in [1.165, 1.54) is 5.56 Å². The Morgan fingerprint density at radius 1 is 1.16 bits per heavy atom. The minimum absolute atomic E-state index is 0.138. The topological polar surface area (TPSA) is 54.3 Å². The number of amides is 1. The van der Waals surface area contributed by atoms with Crippen molar-refractivity contribution in [2.45, 2.75) is 33.2 Å². The van der Waals surface area contributed by atoms with Crippen LogP contribution in [0.1, 0.15) is 35.4 Å². The van der Waals surface area contributed by atoms with Gasteiger partial charge in [-0.3, -0.25) is 19.4 Å². The number of aromatic nitrogens is 3. The van der Waals surface area contributed by atoms with E-state index >= 15 is 0 Å². The third-order valence-corrected chi connectivity index (χ3v) is 5.21. The normalized spacial score (nSPS) is 16.9. The summed E-state index contributed by atoms with van der Waals surface area (Å²) in [4.78, 5) is 21.4. The first-order chi connectivity index (χ1) is 12.0. The van der Waals surface area contributed by atoms with Crippen molar-refractivity contribution >= 4 is 5.91 Å². The number of aryl methyl sites for hydroxylation is 2.